The number of fused-ring (bicyclic) bond motifs is 1. The summed E-state index contributed by atoms with van der Waals surface area (Å²) < 4.78 is 1.53. The molecule has 3 aliphatic rings. The summed E-state index contributed by atoms with van der Waals surface area (Å²) in [4.78, 5) is 27.6. The lowest BCUT2D eigenvalue weighted by Crippen LogP contribution is -2.57. The molecule has 12 nitrogen and oxygen atoms in total. The molecule has 4 heterocycles. The zero-order chi connectivity index (χ0) is 28.7. The highest BCUT2D eigenvalue weighted by molar-refractivity contribution is 6.36. The molecular weight excluding hydrogens is 542 g/mol. The molecule has 3 aromatic rings. The molecule has 212 valence electrons. The highest BCUT2D eigenvalue weighted by Crippen LogP contribution is 2.38. The van der Waals surface area contributed by atoms with Gasteiger partial charge in [-0.15, -0.1) is 0 Å². The monoisotopic (exact) mass is 573 g/mol. The summed E-state index contributed by atoms with van der Waals surface area (Å²) in [6, 6.07) is 8.86. The number of nitriles is 2. The molecule has 0 bridgehead atoms. The van der Waals surface area contributed by atoms with Crippen molar-refractivity contribution in [3.63, 3.8) is 0 Å². The molecule has 41 heavy (non-hydrogen) atoms. The van der Waals surface area contributed by atoms with Gasteiger partial charge in [0.2, 0.25) is 17.8 Å². The van der Waals surface area contributed by atoms with Crippen LogP contribution in [0.25, 0.3) is 5.65 Å². The molecule has 2 aromatic heterocycles. The summed E-state index contributed by atoms with van der Waals surface area (Å²) in [5.41, 5.74) is 2.50. The van der Waals surface area contributed by atoms with E-state index >= 15 is 0 Å². The van der Waals surface area contributed by atoms with Gasteiger partial charge in [0.1, 0.15) is 11.6 Å². The van der Waals surface area contributed by atoms with Gasteiger partial charge in [-0.3, -0.25) is 9.69 Å². The average Bonchev–Trinajstić information content (AvgIpc) is 3.70. The van der Waals surface area contributed by atoms with Crippen molar-refractivity contribution >= 4 is 46.4 Å². The summed E-state index contributed by atoms with van der Waals surface area (Å²) in [7, 11) is 0. The van der Waals surface area contributed by atoms with Gasteiger partial charge in [0.05, 0.1) is 34.2 Å². The van der Waals surface area contributed by atoms with E-state index in [0.29, 0.717) is 45.5 Å². The number of nitrogens with one attached hydrogen (secondary N) is 2. The first kappa shape index (κ1) is 27.1. The third kappa shape index (κ3) is 5.45. The van der Waals surface area contributed by atoms with E-state index in [-0.39, 0.29) is 17.9 Å². The van der Waals surface area contributed by atoms with Crippen LogP contribution in [0, 0.1) is 22.7 Å². The quantitative estimate of drug-likeness (QED) is 0.451. The molecule has 1 aliphatic carbocycles. The Kier molecular flexibility index (Phi) is 7.28. The third-order valence-electron chi connectivity index (χ3n) is 8.22. The predicted molar refractivity (Wildman–Crippen MR) is 155 cm³/mol. The van der Waals surface area contributed by atoms with Gasteiger partial charge in [-0.25, -0.2) is 0 Å². The molecule has 13 heteroatoms. The molecule has 1 atom stereocenters. The van der Waals surface area contributed by atoms with Crippen molar-refractivity contribution in [3.05, 3.63) is 34.5 Å². The Bertz CT molecular complexity index is 1560. The first-order valence-electron chi connectivity index (χ1n) is 14.0. The van der Waals surface area contributed by atoms with E-state index in [9.17, 15) is 15.3 Å². The molecule has 2 N–H and O–H groups in total. The van der Waals surface area contributed by atoms with Crippen LogP contribution in [-0.2, 0) is 4.79 Å². The van der Waals surface area contributed by atoms with Crippen molar-refractivity contribution in [2.45, 2.75) is 57.7 Å². The van der Waals surface area contributed by atoms with Gasteiger partial charge in [-0.05, 0) is 44.7 Å². The van der Waals surface area contributed by atoms with Crippen LogP contribution < -0.4 is 15.5 Å². The van der Waals surface area contributed by atoms with Crippen LogP contribution in [0.1, 0.15) is 50.7 Å². The molecule has 6 rings (SSSR count). The van der Waals surface area contributed by atoms with Gasteiger partial charge < -0.3 is 20.4 Å². The number of amides is 1. The largest absolute Gasteiger partial charge is 0.365 e. The minimum atomic E-state index is 0.148. The van der Waals surface area contributed by atoms with Gasteiger partial charge in [0.15, 0.2) is 5.65 Å². The Hall–Kier alpha value is -4.13. The van der Waals surface area contributed by atoms with Crippen molar-refractivity contribution in [1.29, 1.82) is 10.5 Å². The van der Waals surface area contributed by atoms with E-state index in [4.69, 9.17) is 11.6 Å². The topological polar surface area (TPSA) is 142 Å². The highest BCUT2D eigenvalue weighted by Gasteiger charge is 2.32. The molecule has 0 radical (unpaired) electrons. The molecule has 2 aliphatic heterocycles. The van der Waals surface area contributed by atoms with Crippen molar-refractivity contribution < 1.29 is 4.79 Å². The van der Waals surface area contributed by atoms with E-state index < -0.39 is 0 Å². The van der Waals surface area contributed by atoms with Crippen LogP contribution in [0.5, 0.6) is 0 Å². The number of carbonyl (C=O) groups is 1. The molecule has 1 aromatic carbocycles. The normalized spacial score (nSPS) is 20.1. The maximum atomic E-state index is 11.7. The predicted octanol–water partition coefficient (Wildman–Crippen LogP) is 3.36. The Morgan fingerprint density at radius 3 is 2.51 bits per heavy atom. The number of nitrogens with zero attached hydrogens (tertiary/aromatic N) is 9. The van der Waals surface area contributed by atoms with E-state index in [1.165, 1.54) is 10.7 Å². The Morgan fingerprint density at radius 1 is 1.07 bits per heavy atom. The summed E-state index contributed by atoms with van der Waals surface area (Å²) in [6.07, 6.45) is 5.53. The lowest BCUT2D eigenvalue weighted by atomic mass is 10.0. The second kappa shape index (κ2) is 11.0. The number of rotatable bonds is 6. The summed E-state index contributed by atoms with van der Waals surface area (Å²) >= 11 is 7.00. The zero-order valence-corrected chi connectivity index (χ0v) is 23.9. The summed E-state index contributed by atoms with van der Waals surface area (Å²) in [5, 5.41) is 30.7. The van der Waals surface area contributed by atoms with Gasteiger partial charge in [-0.1, -0.05) is 11.6 Å². The summed E-state index contributed by atoms with van der Waals surface area (Å²) in [6.45, 7) is 7.94. The number of anilines is 4. The van der Waals surface area contributed by atoms with Crippen LogP contribution in [-0.4, -0.2) is 86.1 Å². The van der Waals surface area contributed by atoms with E-state index in [1.807, 2.05) is 11.0 Å². The number of piperazine rings is 1. The number of piperidine rings is 1. The summed E-state index contributed by atoms with van der Waals surface area (Å²) in [5.74, 6) is 0.901. The molecular formula is C28H32ClN11O. The fourth-order valence-electron chi connectivity index (χ4n) is 5.83. The Balaban J connectivity index is 1.24. The lowest BCUT2D eigenvalue weighted by Gasteiger charge is -2.46. The second-order valence-electron chi connectivity index (χ2n) is 11.1. The van der Waals surface area contributed by atoms with E-state index in [0.717, 1.165) is 64.1 Å². The van der Waals surface area contributed by atoms with E-state index in [2.05, 4.69) is 54.6 Å². The van der Waals surface area contributed by atoms with Crippen molar-refractivity contribution in [2.75, 3.05) is 48.3 Å². The standard InChI is InChI=1S/C28H32ClN11O/c1-17-16-38(22-5-7-37(8-6-22)18(2)41)9-10-39(17)24-12-19(13-30)11-23(25(24)29)34-27-35-26-20(14-31)15-32-40(26)28(36-27)33-21-3-4-21/h11-12,15,17,21-22H,3-10,16H2,1-2H3,(H2,33,34,35,36)/t17-/m0/s1. The third-order valence-corrected chi connectivity index (χ3v) is 8.62. The average molecular weight is 574 g/mol. The van der Waals surface area contributed by atoms with Gasteiger partial charge in [-0.2, -0.15) is 30.1 Å². The van der Waals surface area contributed by atoms with Crippen LogP contribution in [0.2, 0.25) is 5.02 Å². The van der Waals surface area contributed by atoms with E-state index in [1.54, 1.807) is 13.0 Å². The zero-order valence-electron chi connectivity index (χ0n) is 23.1. The minimum absolute atomic E-state index is 0.148. The minimum Gasteiger partial charge on any atom is -0.365 e. The SMILES string of the molecule is CC(=O)N1CCC(N2CCN(c3cc(C#N)cc(Nc4nc(NC5CC5)n5ncc(C#N)c5n4)c3Cl)[C@@H](C)C2)CC1. The molecule has 2 saturated heterocycles. The van der Waals surface area contributed by atoms with Crippen molar-refractivity contribution in [2.24, 2.45) is 0 Å². The number of likely N-dealkylation sites (tertiary alicyclic amines) is 1. The fourth-order valence-corrected chi connectivity index (χ4v) is 6.10. The second-order valence-corrected chi connectivity index (χ2v) is 11.4. The molecule has 1 saturated carbocycles. The first-order chi connectivity index (χ1) is 19.8. The number of benzene rings is 1. The maximum Gasteiger partial charge on any atom is 0.232 e. The number of aromatic nitrogens is 4. The van der Waals surface area contributed by atoms with Gasteiger partial charge in [0, 0.05) is 57.8 Å². The van der Waals surface area contributed by atoms with Crippen molar-refractivity contribution in [3.8, 4) is 12.1 Å². The number of carbonyl (C=O) groups excluding carboxylic acids is 1. The van der Waals surface area contributed by atoms with Crippen LogP contribution in [0.4, 0.5) is 23.3 Å². The molecule has 0 spiro atoms. The first-order valence-corrected chi connectivity index (χ1v) is 14.4. The molecule has 0 unspecified atom stereocenters. The number of hydrogen-bond acceptors (Lipinski definition) is 10. The number of hydrogen-bond donors (Lipinski definition) is 2. The molecule has 1 amide bonds. The van der Waals surface area contributed by atoms with Gasteiger partial charge in [0.25, 0.3) is 0 Å². The number of halogens is 1. The Labute approximate surface area is 243 Å². The fraction of sp³-hybridized carbons (Fsp3) is 0.500. The van der Waals surface area contributed by atoms with Crippen LogP contribution >= 0.6 is 11.6 Å². The Morgan fingerprint density at radius 2 is 1.85 bits per heavy atom. The van der Waals surface area contributed by atoms with Gasteiger partial charge >= 0.3 is 0 Å². The van der Waals surface area contributed by atoms with Crippen LogP contribution in [0.15, 0.2) is 18.3 Å². The maximum absolute atomic E-state index is 11.7. The van der Waals surface area contributed by atoms with Crippen molar-refractivity contribution in [1.82, 2.24) is 29.4 Å². The highest BCUT2D eigenvalue weighted by atomic mass is 35.5. The molecule has 3 fully saturated rings. The smallest absolute Gasteiger partial charge is 0.232 e. The lowest BCUT2D eigenvalue weighted by molar-refractivity contribution is -0.130. The van der Waals surface area contributed by atoms with Crippen LogP contribution in [0.3, 0.4) is 0 Å².